The zero-order valence-corrected chi connectivity index (χ0v) is 23.6. The van der Waals surface area contributed by atoms with Crippen molar-refractivity contribution in [3.63, 3.8) is 0 Å². The number of hydrogen-bond donors (Lipinski definition) is 1. The fourth-order valence-corrected chi connectivity index (χ4v) is 5.60. The first kappa shape index (κ1) is 27.4. The van der Waals surface area contributed by atoms with Gasteiger partial charge in [-0.2, -0.15) is 14.3 Å². The van der Waals surface area contributed by atoms with E-state index in [1.165, 1.54) is 9.20 Å². The first-order valence-electron chi connectivity index (χ1n) is 13.3. The van der Waals surface area contributed by atoms with Crippen molar-refractivity contribution in [1.82, 2.24) is 29.6 Å². The number of hydrogen-bond acceptors (Lipinski definition) is 5. The quantitative estimate of drug-likeness (QED) is 0.311. The van der Waals surface area contributed by atoms with E-state index in [2.05, 4.69) is 10.4 Å². The third kappa shape index (κ3) is 5.88. The summed E-state index contributed by atoms with van der Waals surface area (Å²) in [6.45, 7) is 1.20. The molecule has 204 valence electrons. The molecule has 8 nitrogen and oxygen atoms in total. The number of amides is 1. The Morgan fingerprint density at radius 3 is 2.23 bits per heavy atom. The number of halogens is 2. The molecule has 0 bridgehead atoms. The summed E-state index contributed by atoms with van der Waals surface area (Å²) in [5, 5.41) is 13.6. The highest BCUT2D eigenvalue weighted by Gasteiger charge is 2.34. The lowest BCUT2D eigenvalue weighted by molar-refractivity contribution is -0.126. The van der Waals surface area contributed by atoms with E-state index in [4.69, 9.17) is 28.3 Å². The molecule has 1 aliphatic rings. The highest BCUT2D eigenvalue weighted by Crippen LogP contribution is 2.36. The molecule has 1 unspecified atom stereocenters. The minimum Gasteiger partial charge on any atom is -0.353 e. The standard InChI is InChI=1S/C29H32Cl2N6O2/c1-35(2)17-16-32-28(38)26(21-6-4-3-5-7-21)36-29(39)37-27(34-36)25(20-10-14-23(31)15-11-20)24(18-33-37)19-8-12-22(30)13-9-19/h8-15,18,21,26H,3-7,16-17H2,1-2H3,(H,32,38). The molecule has 1 fully saturated rings. The molecule has 2 aromatic heterocycles. The van der Waals surface area contributed by atoms with Gasteiger partial charge in [-0.1, -0.05) is 66.7 Å². The van der Waals surface area contributed by atoms with Crippen LogP contribution in [0.2, 0.25) is 10.0 Å². The van der Waals surface area contributed by atoms with Gasteiger partial charge in [-0.25, -0.2) is 4.79 Å². The smallest absolute Gasteiger partial charge is 0.353 e. The third-order valence-electron chi connectivity index (χ3n) is 7.35. The molecule has 0 radical (unpaired) electrons. The number of rotatable bonds is 8. The van der Waals surface area contributed by atoms with Crippen molar-refractivity contribution >= 4 is 34.8 Å². The Bertz CT molecular complexity index is 1510. The summed E-state index contributed by atoms with van der Waals surface area (Å²) in [5.41, 5.74) is 3.20. The SMILES string of the molecule is CN(C)CCNC(=O)C(C1CCCCC1)n1nc2c(-c3ccc(Cl)cc3)c(-c3ccc(Cl)cc3)cnn2c1=O. The van der Waals surface area contributed by atoms with Crippen molar-refractivity contribution in [2.45, 2.75) is 38.1 Å². The molecule has 2 aromatic carbocycles. The summed E-state index contributed by atoms with van der Waals surface area (Å²) in [4.78, 5) is 29.4. The lowest BCUT2D eigenvalue weighted by Crippen LogP contribution is -2.43. The molecule has 0 spiro atoms. The topological polar surface area (TPSA) is 84.5 Å². The number of nitrogens with zero attached hydrogens (tertiary/aromatic N) is 5. The van der Waals surface area contributed by atoms with Crippen molar-refractivity contribution in [2.24, 2.45) is 5.92 Å². The maximum Gasteiger partial charge on any atom is 0.367 e. The Balaban J connectivity index is 1.68. The van der Waals surface area contributed by atoms with Crippen LogP contribution in [0.5, 0.6) is 0 Å². The fourth-order valence-electron chi connectivity index (χ4n) is 5.35. The van der Waals surface area contributed by atoms with Gasteiger partial charge in [-0.15, -0.1) is 5.10 Å². The molecule has 5 rings (SSSR count). The molecule has 1 aliphatic carbocycles. The summed E-state index contributed by atoms with van der Waals surface area (Å²) >= 11 is 12.3. The molecular formula is C29H32Cl2N6O2. The zero-order chi connectivity index (χ0) is 27.5. The van der Waals surface area contributed by atoms with Crippen LogP contribution in [-0.2, 0) is 4.79 Å². The Morgan fingerprint density at radius 2 is 1.62 bits per heavy atom. The van der Waals surface area contributed by atoms with Gasteiger partial charge in [0.15, 0.2) is 5.65 Å². The van der Waals surface area contributed by atoms with E-state index in [0.29, 0.717) is 28.8 Å². The molecule has 1 amide bonds. The van der Waals surface area contributed by atoms with Crippen LogP contribution in [0.15, 0.2) is 59.5 Å². The second-order valence-corrected chi connectivity index (χ2v) is 11.2. The Hall–Kier alpha value is -3.20. The molecule has 1 saturated carbocycles. The first-order chi connectivity index (χ1) is 18.8. The highest BCUT2D eigenvalue weighted by atomic mass is 35.5. The molecular weight excluding hydrogens is 535 g/mol. The molecule has 0 aliphatic heterocycles. The van der Waals surface area contributed by atoms with Crippen molar-refractivity contribution in [3.8, 4) is 22.3 Å². The predicted octanol–water partition coefficient (Wildman–Crippen LogP) is 5.33. The third-order valence-corrected chi connectivity index (χ3v) is 7.85. The van der Waals surface area contributed by atoms with Crippen molar-refractivity contribution in [2.75, 3.05) is 27.2 Å². The Morgan fingerprint density at radius 1 is 1.00 bits per heavy atom. The summed E-state index contributed by atoms with van der Waals surface area (Å²) in [7, 11) is 3.92. The van der Waals surface area contributed by atoms with E-state index in [9.17, 15) is 9.59 Å². The Kier molecular flexibility index (Phi) is 8.35. The van der Waals surface area contributed by atoms with Crippen LogP contribution in [-0.4, -0.2) is 57.4 Å². The average Bonchev–Trinajstić information content (AvgIpc) is 3.25. The number of aromatic nitrogens is 4. The highest BCUT2D eigenvalue weighted by molar-refractivity contribution is 6.31. The van der Waals surface area contributed by atoms with E-state index < -0.39 is 11.7 Å². The van der Waals surface area contributed by atoms with Crippen LogP contribution < -0.4 is 11.0 Å². The van der Waals surface area contributed by atoms with Crippen LogP contribution in [0.1, 0.15) is 38.1 Å². The minimum absolute atomic E-state index is 0.0236. The van der Waals surface area contributed by atoms with Crippen LogP contribution in [0.25, 0.3) is 27.9 Å². The lowest BCUT2D eigenvalue weighted by atomic mass is 9.83. The first-order valence-corrected chi connectivity index (χ1v) is 14.0. The number of carbonyl (C=O) groups excluding carboxylic acids is 1. The monoisotopic (exact) mass is 566 g/mol. The number of carbonyl (C=O) groups is 1. The van der Waals surface area contributed by atoms with Crippen molar-refractivity contribution in [1.29, 1.82) is 0 Å². The van der Waals surface area contributed by atoms with Gasteiger partial charge in [0.25, 0.3) is 0 Å². The number of benzene rings is 2. The van der Waals surface area contributed by atoms with Crippen LogP contribution >= 0.6 is 23.2 Å². The zero-order valence-electron chi connectivity index (χ0n) is 22.1. The van der Waals surface area contributed by atoms with Gasteiger partial charge in [0.05, 0.1) is 6.20 Å². The largest absolute Gasteiger partial charge is 0.367 e. The minimum atomic E-state index is -0.710. The molecule has 39 heavy (non-hydrogen) atoms. The van der Waals surface area contributed by atoms with E-state index in [-0.39, 0.29) is 11.8 Å². The second kappa shape index (κ2) is 11.9. The van der Waals surface area contributed by atoms with Crippen LogP contribution in [0.3, 0.4) is 0 Å². The normalized spacial score (nSPS) is 15.1. The predicted molar refractivity (Wildman–Crippen MR) is 155 cm³/mol. The Labute approximate surface area is 237 Å². The molecule has 4 aromatic rings. The maximum atomic E-state index is 13.8. The fraction of sp³-hybridized carbons (Fsp3) is 0.379. The second-order valence-electron chi connectivity index (χ2n) is 10.3. The molecule has 1 atom stereocenters. The van der Waals surface area contributed by atoms with E-state index in [1.54, 1.807) is 18.3 Å². The molecule has 1 N–H and O–H groups in total. The van der Waals surface area contributed by atoms with Gasteiger partial charge in [-0.3, -0.25) is 4.79 Å². The number of fused-ring (bicyclic) bond motifs is 1. The van der Waals surface area contributed by atoms with E-state index in [0.717, 1.165) is 54.4 Å². The van der Waals surface area contributed by atoms with Crippen molar-refractivity contribution in [3.05, 3.63) is 75.3 Å². The van der Waals surface area contributed by atoms with Gasteiger partial charge < -0.3 is 10.2 Å². The average molecular weight is 568 g/mol. The van der Waals surface area contributed by atoms with E-state index >= 15 is 0 Å². The van der Waals surface area contributed by atoms with Gasteiger partial charge in [0.2, 0.25) is 5.91 Å². The molecule has 10 heteroatoms. The summed E-state index contributed by atoms with van der Waals surface area (Å²) < 4.78 is 2.65. The van der Waals surface area contributed by atoms with Gasteiger partial charge in [0.1, 0.15) is 6.04 Å². The van der Waals surface area contributed by atoms with E-state index in [1.807, 2.05) is 55.4 Å². The number of nitrogens with one attached hydrogen (secondary N) is 1. The molecule has 0 saturated heterocycles. The van der Waals surface area contributed by atoms with Crippen LogP contribution in [0, 0.1) is 5.92 Å². The lowest BCUT2D eigenvalue weighted by Gasteiger charge is -2.29. The molecule has 2 heterocycles. The number of likely N-dealkylation sites (N-methyl/N-ethyl adjacent to an activating group) is 1. The van der Waals surface area contributed by atoms with Crippen LogP contribution in [0.4, 0.5) is 0 Å². The van der Waals surface area contributed by atoms with Gasteiger partial charge in [0, 0.05) is 34.3 Å². The van der Waals surface area contributed by atoms with Crippen molar-refractivity contribution < 1.29 is 4.79 Å². The maximum absolute atomic E-state index is 13.8. The van der Waals surface area contributed by atoms with Gasteiger partial charge >= 0.3 is 5.69 Å². The van der Waals surface area contributed by atoms with Gasteiger partial charge in [-0.05, 0) is 68.2 Å². The summed E-state index contributed by atoms with van der Waals surface area (Å²) in [6.07, 6.45) is 6.62. The summed E-state index contributed by atoms with van der Waals surface area (Å²) in [5.74, 6) is -0.157. The summed E-state index contributed by atoms with van der Waals surface area (Å²) in [6, 6.07) is 14.1.